The van der Waals surface area contributed by atoms with Crippen molar-refractivity contribution in [2.24, 2.45) is 5.92 Å². The molecule has 0 unspecified atom stereocenters. The predicted octanol–water partition coefficient (Wildman–Crippen LogP) is 3.61. The van der Waals surface area contributed by atoms with Crippen molar-refractivity contribution >= 4 is 5.78 Å². The number of rotatable bonds is 2. The Kier molecular flexibility index (Phi) is 3.42. The zero-order valence-corrected chi connectivity index (χ0v) is 10.3. The van der Waals surface area contributed by atoms with E-state index in [1.54, 1.807) is 0 Å². The second kappa shape index (κ2) is 4.82. The molecule has 0 N–H and O–H groups in total. The lowest BCUT2D eigenvalue weighted by Gasteiger charge is -2.21. The second-order valence-corrected chi connectivity index (χ2v) is 5.18. The van der Waals surface area contributed by atoms with Crippen molar-refractivity contribution in [3.05, 3.63) is 34.9 Å². The molecule has 0 aromatic heterocycles. The summed E-state index contributed by atoms with van der Waals surface area (Å²) in [6, 6.07) is 6.78. The highest BCUT2D eigenvalue weighted by atomic mass is 16.1. The third-order valence-corrected chi connectivity index (χ3v) is 3.47. The molecule has 2 rings (SSSR count). The fourth-order valence-corrected chi connectivity index (χ4v) is 2.72. The molecule has 1 fully saturated rings. The van der Waals surface area contributed by atoms with Crippen LogP contribution >= 0.6 is 0 Å². The Balaban J connectivity index is 2.00. The van der Waals surface area contributed by atoms with Crippen molar-refractivity contribution in [2.45, 2.75) is 46.0 Å². The van der Waals surface area contributed by atoms with E-state index in [1.165, 1.54) is 16.7 Å². The molecule has 0 bridgehead atoms. The third-order valence-electron chi connectivity index (χ3n) is 3.47. The summed E-state index contributed by atoms with van der Waals surface area (Å²) >= 11 is 0. The van der Waals surface area contributed by atoms with E-state index in [2.05, 4.69) is 32.0 Å². The molecule has 1 aromatic rings. The minimum atomic E-state index is 0.455. The van der Waals surface area contributed by atoms with E-state index in [9.17, 15) is 4.79 Å². The smallest absolute Gasteiger partial charge is 0.132 e. The molecule has 0 saturated heterocycles. The van der Waals surface area contributed by atoms with Gasteiger partial charge in [-0.05, 0) is 44.6 Å². The van der Waals surface area contributed by atoms with Crippen LogP contribution in [-0.2, 0) is 11.2 Å². The van der Waals surface area contributed by atoms with Crippen LogP contribution in [0.1, 0.15) is 42.4 Å². The molecule has 16 heavy (non-hydrogen) atoms. The van der Waals surface area contributed by atoms with Gasteiger partial charge in [-0.2, -0.15) is 0 Å². The molecule has 1 saturated carbocycles. The fraction of sp³-hybridized carbons (Fsp3) is 0.533. The molecule has 0 radical (unpaired) electrons. The van der Waals surface area contributed by atoms with Gasteiger partial charge in [0.1, 0.15) is 5.78 Å². The van der Waals surface area contributed by atoms with Crippen LogP contribution in [0.25, 0.3) is 0 Å². The summed E-state index contributed by atoms with van der Waals surface area (Å²) in [4.78, 5) is 11.2. The van der Waals surface area contributed by atoms with Crippen molar-refractivity contribution in [1.29, 1.82) is 0 Å². The standard InChI is InChI=1S/C15H20O/c1-11-7-12(2)9-14(8-11)10-13-3-5-15(16)6-4-13/h7-9,13H,3-6,10H2,1-2H3. The number of carbonyl (C=O) groups is 1. The quantitative estimate of drug-likeness (QED) is 0.738. The third kappa shape index (κ3) is 2.94. The molecule has 1 aliphatic carbocycles. The highest BCUT2D eigenvalue weighted by molar-refractivity contribution is 5.79. The molecular formula is C15H20O. The van der Waals surface area contributed by atoms with Gasteiger partial charge in [0.05, 0.1) is 0 Å². The van der Waals surface area contributed by atoms with Gasteiger partial charge in [-0.15, -0.1) is 0 Å². The Hall–Kier alpha value is -1.11. The summed E-state index contributed by atoms with van der Waals surface area (Å²) in [7, 11) is 0. The average molecular weight is 216 g/mol. The first-order chi connectivity index (χ1) is 7.63. The largest absolute Gasteiger partial charge is 0.300 e. The number of ketones is 1. The van der Waals surface area contributed by atoms with Crippen LogP contribution < -0.4 is 0 Å². The predicted molar refractivity (Wildman–Crippen MR) is 66.6 cm³/mol. The summed E-state index contributed by atoms with van der Waals surface area (Å²) in [5.74, 6) is 1.18. The van der Waals surface area contributed by atoms with Crippen LogP contribution in [0.3, 0.4) is 0 Å². The number of hydrogen-bond acceptors (Lipinski definition) is 1. The van der Waals surface area contributed by atoms with Crippen molar-refractivity contribution in [3.63, 3.8) is 0 Å². The summed E-state index contributed by atoms with van der Waals surface area (Å²) in [6.45, 7) is 4.31. The van der Waals surface area contributed by atoms with Gasteiger partial charge < -0.3 is 0 Å². The van der Waals surface area contributed by atoms with E-state index in [1.807, 2.05) is 0 Å². The zero-order valence-electron chi connectivity index (χ0n) is 10.3. The van der Waals surface area contributed by atoms with E-state index < -0.39 is 0 Å². The van der Waals surface area contributed by atoms with Gasteiger partial charge in [0, 0.05) is 12.8 Å². The lowest BCUT2D eigenvalue weighted by molar-refractivity contribution is -0.121. The van der Waals surface area contributed by atoms with E-state index in [4.69, 9.17) is 0 Å². The molecule has 0 amide bonds. The molecule has 0 spiro atoms. The fourth-order valence-electron chi connectivity index (χ4n) is 2.72. The molecule has 0 heterocycles. The Labute approximate surface area is 97.9 Å². The summed E-state index contributed by atoms with van der Waals surface area (Å²) < 4.78 is 0. The van der Waals surface area contributed by atoms with Gasteiger partial charge in [-0.1, -0.05) is 29.3 Å². The highest BCUT2D eigenvalue weighted by Crippen LogP contribution is 2.25. The van der Waals surface area contributed by atoms with Crippen LogP contribution in [0.2, 0.25) is 0 Å². The van der Waals surface area contributed by atoms with Gasteiger partial charge in [0.2, 0.25) is 0 Å². The SMILES string of the molecule is Cc1cc(C)cc(CC2CCC(=O)CC2)c1. The maximum Gasteiger partial charge on any atom is 0.132 e. The van der Waals surface area contributed by atoms with E-state index in [-0.39, 0.29) is 0 Å². The lowest BCUT2D eigenvalue weighted by atomic mass is 9.84. The number of aryl methyl sites for hydroxylation is 2. The minimum Gasteiger partial charge on any atom is -0.300 e. The first-order valence-corrected chi connectivity index (χ1v) is 6.22. The van der Waals surface area contributed by atoms with E-state index >= 15 is 0 Å². The van der Waals surface area contributed by atoms with Crippen LogP contribution in [0, 0.1) is 19.8 Å². The van der Waals surface area contributed by atoms with Crippen LogP contribution in [-0.4, -0.2) is 5.78 Å². The molecular weight excluding hydrogens is 196 g/mol. The number of Topliss-reactive ketones (excluding diaryl/α,β-unsaturated/α-hetero) is 1. The summed E-state index contributed by atoms with van der Waals surface area (Å²) in [5, 5.41) is 0. The van der Waals surface area contributed by atoms with E-state index in [0.717, 1.165) is 38.0 Å². The maximum atomic E-state index is 11.2. The van der Waals surface area contributed by atoms with Crippen LogP contribution in [0.15, 0.2) is 18.2 Å². The van der Waals surface area contributed by atoms with Crippen molar-refractivity contribution in [2.75, 3.05) is 0 Å². The monoisotopic (exact) mass is 216 g/mol. The average Bonchev–Trinajstić information content (AvgIpc) is 2.20. The number of carbonyl (C=O) groups excluding carboxylic acids is 1. The Morgan fingerprint density at radius 2 is 1.62 bits per heavy atom. The normalized spacial score (nSPS) is 17.8. The first-order valence-electron chi connectivity index (χ1n) is 6.22. The van der Waals surface area contributed by atoms with Gasteiger partial charge in [-0.25, -0.2) is 0 Å². The van der Waals surface area contributed by atoms with E-state index in [0.29, 0.717) is 5.78 Å². The van der Waals surface area contributed by atoms with Gasteiger partial charge >= 0.3 is 0 Å². The van der Waals surface area contributed by atoms with Gasteiger partial charge in [0.25, 0.3) is 0 Å². The molecule has 1 heteroatoms. The molecule has 86 valence electrons. The van der Waals surface area contributed by atoms with Crippen molar-refractivity contribution < 1.29 is 4.79 Å². The lowest BCUT2D eigenvalue weighted by Crippen LogP contribution is -2.15. The summed E-state index contributed by atoms with van der Waals surface area (Å²) in [5.41, 5.74) is 4.14. The minimum absolute atomic E-state index is 0.455. The maximum absolute atomic E-state index is 11.2. The van der Waals surface area contributed by atoms with Crippen molar-refractivity contribution in [3.8, 4) is 0 Å². The Morgan fingerprint density at radius 3 is 2.19 bits per heavy atom. The second-order valence-electron chi connectivity index (χ2n) is 5.18. The first kappa shape index (κ1) is 11.4. The molecule has 1 nitrogen and oxygen atoms in total. The van der Waals surface area contributed by atoms with Crippen molar-refractivity contribution in [1.82, 2.24) is 0 Å². The Bertz CT molecular complexity index is 362. The molecule has 1 aliphatic rings. The van der Waals surface area contributed by atoms with Crippen LogP contribution in [0.4, 0.5) is 0 Å². The van der Waals surface area contributed by atoms with Crippen LogP contribution in [0.5, 0.6) is 0 Å². The highest BCUT2D eigenvalue weighted by Gasteiger charge is 2.18. The molecule has 0 aliphatic heterocycles. The molecule has 1 aromatic carbocycles. The Morgan fingerprint density at radius 1 is 1.06 bits per heavy atom. The topological polar surface area (TPSA) is 17.1 Å². The number of hydrogen-bond donors (Lipinski definition) is 0. The molecule has 0 atom stereocenters. The zero-order chi connectivity index (χ0) is 11.5. The van der Waals surface area contributed by atoms with Gasteiger partial charge in [0.15, 0.2) is 0 Å². The number of benzene rings is 1. The summed E-state index contributed by atoms with van der Waals surface area (Å²) in [6.07, 6.45) is 4.93. The van der Waals surface area contributed by atoms with Gasteiger partial charge in [-0.3, -0.25) is 4.79 Å².